The molecule has 0 heterocycles. The number of hydrogen-bond acceptors (Lipinski definition) is 2. The molecule has 0 unspecified atom stereocenters. The zero-order chi connectivity index (χ0) is 44.7. The van der Waals surface area contributed by atoms with E-state index >= 15 is 0 Å². The van der Waals surface area contributed by atoms with Crippen LogP contribution in [0.25, 0.3) is 88.3 Å². The van der Waals surface area contributed by atoms with Crippen LogP contribution in [0.1, 0.15) is 91.6 Å². The molecule has 0 atom stereocenters. The van der Waals surface area contributed by atoms with Crippen molar-refractivity contribution in [2.45, 2.75) is 57.8 Å². The van der Waals surface area contributed by atoms with Crippen LogP contribution in [-0.4, -0.2) is 0 Å². The van der Waals surface area contributed by atoms with E-state index in [1.54, 1.807) is 0 Å². The van der Waals surface area contributed by atoms with Crippen LogP contribution in [0.5, 0.6) is 0 Å². The van der Waals surface area contributed by atoms with Crippen LogP contribution in [0, 0.1) is 35.0 Å². The number of fused-ring (bicyclic) bond motifs is 11. The van der Waals surface area contributed by atoms with Crippen molar-refractivity contribution in [3.05, 3.63) is 202 Å². The quantitative estimate of drug-likeness (QED) is 0.132. The van der Waals surface area contributed by atoms with Gasteiger partial charge in [-0.15, -0.1) is 6.42 Å². The summed E-state index contributed by atoms with van der Waals surface area (Å²) in [6.07, 6.45) is 5.88. The maximum atomic E-state index is 9.86. The third-order valence-corrected chi connectivity index (χ3v) is 15.4. The Balaban J connectivity index is 1.11. The number of hydrogen-bond donors (Lipinski definition) is 0. The summed E-state index contributed by atoms with van der Waals surface area (Å²) in [6, 6.07) is 60.4. The van der Waals surface area contributed by atoms with Gasteiger partial charge < -0.3 is 0 Å². The molecule has 2 nitrogen and oxygen atoms in total. The highest BCUT2D eigenvalue weighted by atomic mass is 14.4. The lowest BCUT2D eigenvalue weighted by atomic mass is 9.79. The molecule has 0 bridgehead atoms. The van der Waals surface area contributed by atoms with Gasteiger partial charge in [0.05, 0.1) is 23.3 Å². The van der Waals surface area contributed by atoms with Crippen LogP contribution in [0.15, 0.2) is 152 Å². The molecule has 0 spiro atoms. The zero-order valence-corrected chi connectivity index (χ0v) is 37.4. The van der Waals surface area contributed by atoms with E-state index in [9.17, 15) is 10.5 Å². The number of terminal acetylenes is 1. The third kappa shape index (κ3) is 5.28. The van der Waals surface area contributed by atoms with Crippen LogP contribution in [0.2, 0.25) is 0 Å². The molecule has 3 aliphatic rings. The summed E-state index contributed by atoms with van der Waals surface area (Å²) in [6.45, 7) is 13.8. The minimum absolute atomic E-state index is 0.209. The Kier molecular flexibility index (Phi) is 7.91. The largest absolute Gasteiger partial charge is 0.192 e. The fourth-order valence-electron chi connectivity index (χ4n) is 11.9. The van der Waals surface area contributed by atoms with Gasteiger partial charge in [0, 0.05) is 21.8 Å². The Morgan fingerprint density at radius 3 is 1.11 bits per heavy atom. The molecule has 65 heavy (non-hydrogen) atoms. The SMILES string of the molecule is C#Cc1ccc2c(c1)C(C)(C)c1cc(-c3ccc4c(-c5ccc6c(c5)C(C)(C)c5cc(C#N)ccc5-6)c5ccccc5c(-c5ccc6c(c5)C(C)(C)c5cc(C#N)ccc5-6)c4c3)ccc1-2. The van der Waals surface area contributed by atoms with E-state index in [4.69, 9.17) is 6.42 Å². The van der Waals surface area contributed by atoms with Crippen molar-refractivity contribution in [1.82, 2.24) is 0 Å². The summed E-state index contributed by atoms with van der Waals surface area (Å²) in [7, 11) is 0. The maximum absolute atomic E-state index is 9.86. The smallest absolute Gasteiger partial charge is 0.0991 e. The van der Waals surface area contributed by atoms with Gasteiger partial charge in [-0.25, -0.2) is 0 Å². The minimum Gasteiger partial charge on any atom is -0.192 e. The van der Waals surface area contributed by atoms with Gasteiger partial charge in [0.2, 0.25) is 0 Å². The third-order valence-electron chi connectivity index (χ3n) is 15.4. The summed E-state index contributed by atoms with van der Waals surface area (Å²) in [4.78, 5) is 0. The summed E-state index contributed by atoms with van der Waals surface area (Å²) < 4.78 is 0. The Hall–Kier alpha value is -7.96. The van der Waals surface area contributed by atoms with Crippen LogP contribution < -0.4 is 0 Å². The fraction of sp³-hybridized carbons (Fsp3) is 0.143. The first-order valence-corrected chi connectivity index (χ1v) is 22.5. The second-order valence-corrected chi connectivity index (χ2v) is 19.9. The second-order valence-electron chi connectivity index (χ2n) is 19.9. The highest BCUT2D eigenvalue weighted by molar-refractivity contribution is 6.22. The number of nitriles is 2. The van der Waals surface area contributed by atoms with Crippen LogP contribution >= 0.6 is 0 Å². The first kappa shape index (κ1) is 38.7. The van der Waals surface area contributed by atoms with Crippen LogP contribution in [-0.2, 0) is 16.2 Å². The predicted octanol–water partition coefficient (Wildman–Crippen LogP) is 15.6. The molecule has 9 aromatic rings. The fourth-order valence-corrected chi connectivity index (χ4v) is 11.9. The van der Waals surface area contributed by atoms with Crippen molar-refractivity contribution in [2.24, 2.45) is 0 Å². The van der Waals surface area contributed by atoms with E-state index < -0.39 is 0 Å². The van der Waals surface area contributed by atoms with Gasteiger partial charge in [0.15, 0.2) is 0 Å². The molecular formula is C63H44N2. The molecule has 12 rings (SSSR count). The molecule has 0 aromatic heterocycles. The molecule has 0 fully saturated rings. The normalized spacial score (nSPS) is 14.9. The van der Waals surface area contributed by atoms with Gasteiger partial charge in [0.1, 0.15) is 0 Å². The Labute approximate surface area is 381 Å². The van der Waals surface area contributed by atoms with Gasteiger partial charge in [-0.3, -0.25) is 0 Å². The molecule has 0 aliphatic heterocycles. The Morgan fingerprint density at radius 2 is 0.662 bits per heavy atom. The number of rotatable bonds is 3. The molecule has 0 saturated carbocycles. The highest BCUT2D eigenvalue weighted by Gasteiger charge is 2.39. The van der Waals surface area contributed by atoms with Crippen molar-refractivity contribution >= 4 is 21.5 Å². The summed E-state index contributed by atoms with van der Waals surface area (Å²) in [5, 5.41) is 24.5. The van der Waals surface area contributed by atoms with Gasteiger partial charge in [-0.05, 0) is 182 Å². The van der Waals surface area contributed by atoms with E-state index in [2.05, 4.69) is 199 Å². The molecule has 2 heteroatoms. The summed E-state index contributed by atoms with van der Waals surface area (Å²) >= 11 is 0. The van der Waals surface area contributed by atoms with Gasteiger partial charge in [-0.2, -0.15) is 10.5 Å². The van der Waals surface area contributed by atoms with Crippen LogP contribution in [0.3, 0.4) is 0 Å². The molecule has 306 valence electrons. The molecule has 0 saturated heterocycles. The van der Waals surface area contributed by atoms with Crippen molar-refractivity contribution in [2.75, 3.05) is 0 Å². The molecular weight excluding hydrogens is 785 g/mol. The van der Waals surface area contributed by atoms with Gasteiger partial charge in [0.25, 0.3) is 0 Å². The molecule has 0 amide bonds. The average molecular weight is 829 g/mol. The number of benzene rings is 9. The summed E-state index contributed by atoms with van der Waals surface area (Å²) in [5.74, 6) is 2.85. The Morgan fingerprint density at radius 1 is 0.338 bits per heavy atom. The lowest BCUT2D eigenvalue weighted by molar-refractivity contribution is 0.660. The predicted molar refractivity (Wildman–Crippen MR) is 268 cm³/mol. The first-order chi connectivity index (χ1) is 31.3. The molecule has 0 N–H and O–H groups in total. The van der Waals surface area contributed by atoms with E-state index in [-0.39, 0.29) is 16.2 Å². The lowest BCUT2D eigenvalue weighted by Crippen LogP contribution is -2.15. The molecule has 3 aliphatic carbocycles. The van der Waals surface area contributed by atoms with Crippen molar-refractivity contribution < 1.29 is 0 Å². The van der Waals surface area contributed by atoms with Crippen molar-refractivity contribution in [1.29, 1.82) is 10.5 Å². The van der Waals surface area contributed by atoms with Crippen LogP contribution in [0.4, 0.5) is 0 Å². The highest BCUT2D eigenvalue weighted by Crippen LogP contribution is 2.55. The second kappa shape index (κ2) is 13.3. The van der Waals surface area contributed by atoms with Gasteiger partial charge >= 0.3 is 0 Å². The first-order valence-electron chi connectivity index (χ1n) is 22.5. The topological polar surface area (TPSA) is 47.6 Å². The minimum atomic E-state index is -0.289. The number of nitrogens with zero attached hydrogens (tertiary/aromatic N) is 2. The molecule has 9 aromatic carbocycles. The lowest BCUT2D eigenvalue weighted by Gasteiger charge is -2.24. The van der Waals surface area contributed by atoms with Crippen molar-refractivity contribution in [3.63, 3.8) is 0 Å². The average Bonchev–Trinajstić information content (AvgIpc) is 3.80. The summed E-state index contributed by atoms with van der Waals surface area (Å²) in [5.41, 5.74) is 23.5. The monoisotopic (exact) mass is 828 g/mol. The van der Waals surface area contributed by atoms with E-state index in [0.717, 1.165) is 11.1 Å². The zero-order valence-electron chi connectivity index (χ0n) is 37.4. The Bertz CT molecular complexity index is 3770. The maximum Gasteiger partial charge on any atom is 0.0991 e. The standard InChI is InChI=1S/C63H44N2/c1-8-36-13-20-43-46-23-16-40(31-56(46)61(2,3)53(43)27-36)39-17-26-51-52(30-39)60(42-19-25-48-45-22-15-38(35-65)29-55(45)63(6,7)58(48)33-42)50-12-10-9-11-49(50)59(51)41-18-24-47-44-21-14-37(34-64)28-54(44)62(4,5)57(47)32-41/h1,9-33H,2-7H3. The van der Waals surface area contributed by atoms with Gasteiger partial charge in [-0.1, -0.05) is 138 Å². The molecule has 0 radical (unpaired) electrons. The van der Waals surface area contributed by atoms with E-state index in [1.165, 1.54) is 116 Å². The van der Waals surface area contributed by atoms with Crippen molar-refractivity contribution in [3.8, 4) is 91.2 Å². The van der Waals surface area contributed by atoms with E-state index in [1.807, 2.05) is 12.1 Å². The van der Waals surface area contributed by atoms with E-state index in [0.29, 0.717) is 11.1 Å².